The van der Waals surface area contributed by atoms with Crippen molar-refractivity contribution in [2.24, 2.45) is 0 Å². The first-order chi connectivity index (χ1) is 7.11. The zero-order valence-electron chi connectivity index (χ0n) is 8.14. The van der Waals surface area contributed by atoms with Crippen LogP contribution < -0.4 is 0 Å². The van der Waals surface area contributed by atoms with Crippen LogP contribution in [0.2, 0.25) is 0 Å². The third kappa shape index (κ3) is 3.73. The summed E-state index contributed by atoms with van der Waals surface area (Å²) < 4.78 is 45.2. The minimum atomic E-state index is -3.80. The lowest BCUT2D eigenvalue weighted by Gasteiger charge is -2.08. The molecule has 1 aromatic carbocycles. The largest absolute Gasteiger partial charge is 0.236 e. The van der Waals surface area contributed by atoms with E-state index in [1.165, 1.54) is 12.1 Å². The smallest absolute Gasteiger partial charge is 0.224 e. The van der Waals surface area contributed by atoms with Crippen molar-refractivity contribution in [2.75, 3.05) is 6.26 Å². The molecule has 90 valence electrons. The molecule has 0 saturated heterocycles. The maximum atomic E-state index is 11.4. The third-order valence-corrected chi connectivity index (χ3v) is 4.68. The average molecular weight is 348 g/mol. The molecule has 8 heteroatoms. The van der Waals surface area contributed by atoms with Gasteiger partial charge in [-0.15, -0.1) is 0 Å². The summed E-state index contributed by atoms with van der Waals surface area (Å²) in [6.07, 6.45) is 1.01. The van der Waals surface area contributed by atoms with E-state index in [1.807, 2.05) is 0 Å². The van der Waals surface area contributed by atoms with E-state index in [-0.39, 0.29) is 10.5 Å². The van der Waals surface area contributed by atoms with Crippen LogP contribution in [0.1, 0.15) is 5.56 Å². The molecule has 0 atom stereocenters. The average Bonchev–Trinajstić information content (AvgIpc) is 2.04. The highest BCUT2D eigenvalue weighted by Gasteiger charge is 2.19. The number of hydrogen-bond donors (Lipinski definition) is 0. The zero-order chi connectivity index (χ0) is 12.6. The molecule has 0 aliphatic rings. The fraction of sp³-hybridized carbons (Fsp3) is 0.250. The molecule has 0 unspecified atom stereocenters. The monoisotopic (exact) mass is 346 g/mol. The molecule has 0 heterocycles. The van der Waals surface area contributed by atoms with Gasteiger partial charge in [-0.25, -0.2) is 16.8 Å². The van der Waals surface area contributed by atoms with E-state index < -0.39 is 24.6 Å². The number of benzene rings is 1. The summed E-state index contributed by atoms with van der Waals surface area (Å²) in [7, 11) is -2.17. The van der Waals surface area contributed by atoms with E-state index in [9.17, 15) is 16.8 Å². The van der Waals surface area contributed by atoms with Crippen LogP contribution in [-0.2, 0) is 24.6 Å². The molecule has 0 aliphatic heterocycles. The first kappa shape index (κ1) is 14.0. The molecule has 16 heavy (non-hydrogen) atoms. The van der Waals surface area contributed by atoms with Gasteiger partial charge in [-0.1, -0.05) is 22.0 Å². The predicted octanol–water partition coefficient (Wildman–Crippen LogP) is 1.92. The molecule has 1 aromatic rings. The Labute approximate surface area is 107 Å². The van der Waals surface area contributed by atoms with E-state index in [0.717, 1.165) is 6.26 Å². The highest BCUT2D eigenvalue weighted by atomic mass is 79.9. The minimum absolute atomic E-state index is 0.0360. The summed E-state index contributed by atoms with van der Waals surface area (Å²) in [5.74, 6) is -0.529. The molecule has 0 bridgehead atoms. The van der Waals surface area contributed by atoms with Crippen molar-refractivity contribution in [2.45, 2.75) is 10.6 Å². The lowest BCUT2D eigenvalue weighted by atomic mass is 10.2. The highest BCUT2D eigenvalue weighted by molar-refractivity contribution is 9.10. The van der Waals surface area contributed by atoms with Crippen molar-refractivity contribution in [3.05, 3.63) is 28.2 Å². The number of halogens is 2. The molecule has 0 fully saturated rings. The number of rotatable bonds is 3. The normalized spacial score (nSPS) is 12.7. The fourth-order valence-corrected chi connectivity index (χ4v) is 4.05. The van der Waals surface area contributed by atoms with Crippen molar-refractivity contribution in [3.63, 3.8) is 0 Å². The lowest BCUT2D eigenvalue weighted by Crippen LogP contribution is -2.06. The summed E-state index contributed by atoms with van der Waals surface area (Å²) in [5.41, 5.74) is 0.153. The zero-order valence-corrected chi connectivity index (χ0v) is 12.1. The predicted molar refractivity (Wildman–Crippen MR) is 65.7 cm³/mol. The SMILES string of the molecule is CS(=O)(=O)c1cccc(Br)c1CS(=O)(=O)Cl. The summed E-state index contributed by atoms with van der Waals surface area (Å²) in [6, 6.07) is 4.42. The van der Waals surface area contributed by atoms with Crippen molar-refractivity contribution < 1.29 is 16.8 Å². The van der Waals surface area contributed by atoms with Crippen molar-refractivity contribution in [3.8, 4) is 0 Å². The summed E-state index contributed by atoms with van der Waals surface area (Å²) in [6.45, 7) is 0. The Morgan fingerprint density at radius 2 is 1.81 bits per heavy atom. The van der Waals surface area contributed by atoms with Gasteiger partial charge in [0.05, 0.1) is 10.6 Å². The van der Waals surface area contributed by atoms with Crippen molar-refractivity contribution >= 4 is 45.5 Å². The Bertz CT molecular complexity index is 607. The Hall–Kier alpha value is -0.110. The van der Waals surface area contributed by atoms with Crippen LogP contribution in [0.5, 0.6) is 0 Å². The Kier molecular flexibility index (Phi) is 4.04. The Balaban J connectivity index is 3.48. The van der Waals surface area contributed by atoms with Gasteiger partial charge in [-0.05, 0) is 12.1 Å². The van der Waals surface area contributed by atoms with Gasteiger partial charge in [0.2, 0.25) is 9.05 Å². The van der Waals surface area contributed by atoms with Gasteiger partial charge in [0.15, 0.2) is 9.84 Å². The second kappa shape index (κ2) is 4.64. The van der Waals surface area contributed by atoms with Crippen molar-refractivity contribution in [1.82, 2.24) is 0 Å². The fourth-order valence-electron chi connectivity index (χ4n) is 1.20. The van der Waals surface area contributed by atoms with Gasteiger partial charge in [0, 0.05) is 27.0 Å². The van der Waals surface area contributed by atoms with Gasteiger partial charge >= 0.3 is 0 Å². The lowest BCUT2D eigenvalue weighted by molar-refractivity contribution is 0.600. The Morgan fingerprint density at radius 1 is 1.25 bits per heavy atom. The molecular weight excluding hydrogens is 340 g/mol. The molecule has 0 radical (unpaired) electrons. The van der Waals surface area contributed by atoms with E-state index in [2.05, 4.69) is 15.9 Å². The quantitative estimate of drug-likeness (QED) is 0.783. The van der Waals surface area contributed by atoms with Gasteiger partial charge in [0.25, 0.3) is 0 Å². The van der Waals surface area contributed by atoms with Crippen LogP contribution in [0.15, 0.2) is 27.6 Å². The van der Waals surface area contributed by atoms with E-state index in [0.29, 0.717) is 4.47 Å². The maximum absolute atomic E-state index is 11.4. The molecular formula is C8H8BrClO4S2. The molecule has 0 N–H and O–H groups in total. The number of hydrogen-bond acceptors (Lipinski definition) is 4. The van der Waals surface area contributed by atoms with E-state index in [4.69, 9.17) is 10.7 Å². The molecule has 1 rings (SSSR count). The molecule has 0 amide bonds. The van der Waals surface area contributed by atoms with Crippen LogP contribution in [0.25, 0.3) is 0 Å². The van der Waals surface area contributed by atoms with E-state index >= 15 is 0 Å². The van der Waals surface area contributed by atoms with Crippen LogP contribution in [0.4, 0.5) is 0 Å². The summed E-state index contributed by atoms with van der Waals surface area (Å²) in [5, 5.41) is 0. The first-order valence-corrected chi connectivity index (χ1v) is 9.17. The molecule has 4 nitrogen and oxygen atoms in total. The second-order valence-corrected chi connectivity index (χ2v) is 8.79. The first-order valence-electron chi connectivity index (χ1n) is 4.01. The highest BCUT2D eigenvalue weighted by Crippen LogP contribution is 2.27. The topological polar surface area (TPSA) is 68.3 Å². The third-order valence-electron chi connectivity index (χ3n) is 1.79. The van der Waals surface area contributed by atoms with Crippen molar-refractivity contribution in [1.29, 1.82) is 0 Å². The van der Waals surface area contributed by atoms with Crippen LogP contribution >= 0.6 is 26.6 Å². The van der Waals surface area contributed by atoms with E-state index in [1.54, 1.807) is 6.07 Å². The van der Waals surface area contributed by atoms with Gasteiger partial charge in [-0.3, -0.25) is 0 Å². The van der Waals surface area contributed by atoms with Gasteiger partial charge in [-0.2, -0.15) is 0 Å². The summed E-state index contributed by atoms with van der Waals surface area (Å²) >= 11 is 3.10. The standard InChI is InChI=1S/C8H8BrClO4S2/c1-15(11,12)8-4-2-3-7(9)6(8)5-16(10,13)14/h2-4H,5H2,1H3. The van der Waals surface area contributed by atoms with Crippen LogP contribution in [0.3, 0.4) is 0 Å². The van der Waals surface area contributed by atoms with Crippen LogP contribution in [-0.4, -0.2) is 23.1 Å². The maximum Gasteiger partial charge on any atom is 0.236 e. The Morgan fingerprint density at radius 3 is 2.25 bits per heavy atom. The van der Waals surface area contributed by atoms with Gasteiger partial charge < -0.3 is 0 Å². The second-order valence-electron chi connectivity index (χ2n) is 3.17. The molecule has 0 aromatic heterocycles. The number of sulfone groups is 1. The van der Waals surface area contributed by atoms with Gasteiger partial charge in [0.1, 0.15) is 0 Å². The van der Waals surface area contributed by atoms with Crippen LogP contribution in [0, 0.1) is 0 Å². The molecule has 0 spiro atoms. The summed E-state index contributed by atoms with van der Waals surface area (Å²) in [4.78, 5) is -0.0360. The molecule has 0 saturated carbocycles. The minimum Gasteiger partial charge on any atom is -0.224 e. The molecule has 0 aliphatic carbocycles.